The molecule has 1 unspecified atom stereocenters. The standard InChI is InChI=1S/C31H38ClN3O4S/c1-21-12-15-27(16-13-21)40(38,39)35(28-17-22(2)11-14-23(28)3)20-29(36)34(19-25-9-8-10-26(32)18-25)24(4)30(37)33-31(5,6)7/h8-18,24H,19-20H2,1-7H3,(H,33,37). The van der Waals surface area contributed by atoms with Gasteiger partial charge in [-0.25, -0.2) is 8.42 Å². The molecule has 0 saturated carbocycles. The molecule has 0 aliphatic carbocycles. The zero-order valence-electron chi connectivity index (χ0n) is 24.2. The molecule has 1 atom stereocenters. The minimum absolute atomic E-state index is 0.0728. The molecular weight excluding hydrogens is 546 g/mol. The number of benzene rings is 3. The molecule has 1 N–H and O–H groups in total. The Morgan fingerprint density at radius 1 is 0.925 bits per heavy atom. The topological polar surface area (TPSA) is 86.8 Å². The first-order valence-electron chi connectivity index (χ1n) is 13.1. The predicted octanol–water partition coefficient (Wildman–Crippen LogP) is 5.79. The van der Waals surface area contributed by atoms with Crippen LogP contribution in [0.15, 0.2) is 71.6 Å². The lowest BCUT2D eigenvalue weighted by Gasteiger charge is -2.34. The molecule has 9 heteroatoms. The minimum Gasteiger partial charge on any atom is -0.350 e. The summed E-state index contributed by atoms with van der Waals surface area (Å²) in [7, 11) is -4.13. The Labute approximate surface area is 243 Å². The van der Waals surface area contributed by atoms with Crippen LogP contribution in [0.5, 0.6) is 0 Å². The average molecular weight is 584 g/mol. The normalized spacial score (nSPS) is 12.5. The molecule has 3 rings (SSSR count). The largest absolute Gasteiger partial charge is 0.350 e. The van der Waals surface area contributed by atoms with Crippen LogP contribution in [0.25, 0.3) is 0 Å². The molecule has 0 radical (unpaired) electrons. The van der Waals surface area contributed by atoms with Crippen molar-refractivity contribution in [2.45, 2.75) is 71.5 Å². The number of hydrogen-bond acceptors (Lipinski definition) is 4. The Balaban J connectivity index is 2.08. The Morgan fingerprint density at radius 3 is 2.15 bits per heavy atom. The zero-order valence-corrected chi connectivity index (χ0v) is 25.7. The molecule has 0 saturated heterocycles. The maximum atomic E-state index is 14.1. The van der Waals surface area contributed by atoms with Crippen LogP contribution < -0.4 is 9.62 Å². The molecule has 0 bridgehead atoms. The van der Waals surface area contributed by atoms with E-state index in [0.717, 1.165) is 21.0 Å². The summed E-state index contributed by atoms with van der Waals surface area (Å²) < 4.78 is 29.2. The lowest BCUT2D eigenvalue weighted by atomic mass is 10.1. The van der Waals surface area contributed by atoms with E-state index in [1.165, 1.54) is 17.0 Å². The molecule has 3 aromatic rings. The number of amides is 2. The molecular formula is C31H38ClN3O4S. The van der Waals surface area contributed by atoms with E-state index < -0.39 is 34.1 Å². The minimum atomic E-state index is -4.13. The Bertz CT molecular complexity index is 1480. The van der Waals surface area contributed by atoms with E-state index in [2.05, 4.69) is 5.32 Å². The summed E-state index contributed by atoms with van der Waals surface area (Å²) in [6.45, 7) is 12.3. The third-order valence-electron chi connectivity index (χ3n) is 6.43. The van der Waals surface area contributed by atoms with Crippen LogP contribution in [0.3, 0.4) is 0 Å². The van der Waals surface area contributed by atoms with Gasteiger partial charge in [0.1, 0.15) is 12.6 Å². The van der Waals surface area contributed by atoms with E-state index >= 15 is 0 Å². The summed E-state index contributed by atoms with van der Waals surface area (Å²) in [5.74, 6) is -0.865. The van der Waals surface area contributed by atoms with Crippen molar-refractivity contribution in [3.63, 3.8) is 0 Å². The number of carbonyl (C=O) groups is 2. The lowest BCUT2D eigenvalue weighted by molar-refractivity contribution is -0.140. The van der Waals surface area contributed by atoms with Crippen molar-refractivity contribution < 1.29 is 18.0 Å². The van der Waals surface area contributed by atoms with E-state index in [0.29, 0.717) is 16.3 Å². The fraction of sp³-hybridized carbons (Fsp3) is 0.355. The first-order chi connectivity index (χ1) is 18.6. The van der Waals surface area contributed by atoms with E-state index in [9.17, 15) is 18.0 Å². The van der Waals surface area contributed by atoms with Gasteiger partial charge in [-0.2, -0.15) is 0 Å². The van der Waals surface area contributed by atoms with E-state index in [1.807, 2.05) is 52.8 Å². The van der Waals surface area contributed by atoms with Gasteiger partial charge in [0.05, 0.1) is 10.6 Å². The highest BCUT2D eigenvalue weighted by molar-refractivity contribution is 7.92. The maximum Gasteiger partial charge on any atom is 0.264 e. The summed E-state index contributed by atoms with van der Waals surface area (Å²) in [4.78, 5) is 28.7. The van der Waals surface area contributed by atoms with Gasteiger partial charge in [0.25, 0.3) is 10.0 Å². The van der Waals surface area contributed by atoms with Crippen molar-refractivity contribution >= 4 is 39.1 Å². The highest BCUT2D eigenvalue weighted by Crippen LogP contribution is 2.29. The molecule has 0 aliphatic heterocycles. The molecule has 0 spiro atoms. The third-order valence-corrected chi connectivity index (χ3v) is 8.44. The van der Waals surface area contributed by atoms with Crippen molar-refractivity contribution in [1.29, 1.82) is 0 Å². The monoisotopic (exact) mass is 583 g/mol. The number of rotatable bonds is 9. The van der Waals surface area contributed by atoms with Crippen LogP contribution in [0.1, 0.15) is 49.9 Å². The van der Waals surface area contributed by atoms with Crippen molar-refractivity contribution in [2.75, 3.05) is 10.8 Å². The number of anilines is 1. The summed E-state index contributed by atoms with van der Waals surface area (Å²) >= 11 is 6.20. The van der Waals surface area contributed by atoms with Gasteiger partial charge in [0, 0.05) is 17.1 Å². The van der Waals surface area contributed by atoms with Crippen molar-refractivity contribution in [1.82, 2.24) is 10.2 Å². The second kappa shape index (κ2) is 12.4. The number of halogens is 1. The van der Waals surface area contributed by atoms with Crippen LogP contribution in [0.4, 0.5) is 5.69 Å². The van der Waals surface area contributed by atoms with E-state index in [1.54, 1.807) is 50.2 Å². The number of carbonyl (C=O) groups excluding carboxylic acids is 2. The van der Waals surface area contributed by atoms with E-state index in [-0.39, 0.29) is 17.3 Å². The number of nitrogens with one attached hydrogen (secondary N) is 1. The van der Waals surface area contributed by atoms with Gasteiger partial charge in [-0.05, 0) is 95.5 Å². The summed E-state index contributed by atoms with van der Waals surface area (Å²) in [6, 6.07) is 18.1. The van der Waals surface area contributed by atoms with Gasteiger partial charge in [-0.15, -0.1) is 0 Å². The van der Waals surface area contributed by atoms with Gasteiger partial charge >= 0.3 is 0 Å². The summed E-state index contributed by atoms with van der Waals surface area (Å²) in [6.07, 6.45) is 0. The van der Waals surface area contributed by atoms with Gasteiger partial charge in [-0.1, -0.05) is 53.6 Å². The molecule has 214 valence electrons. The second-order valence-corrected chi connectivity index (χ2v) is 13.5. The summed E-state index contributed by atoms with van der Waals surface area (Å²) in [5, 5.41) is 3.42. The molecule has 0 heterocycles. The Kier molecular flexibility index (Phi) is 9.69. The first-order valence-corrected chi connectivity index (χ1v) is 14.9. The van der Waals surface area contributed by atoms with Crippen LogP contribution in [0, 0.1) is 20.8 Å². The molecule has 3 aromatic carbocycles. The number of aryl methyl sites for hydroxylation is 3. The quantitative estimate of drug-likeness (QED) is 0.345. The van der Waals surface area contributed by atoms with Crippen LogP contribution in [-0.2, 0) is 26.2 Å². The highest BCUT2D eigenvalue weighted by Gasteiger charge is 2.34. The first kappa shape index (κ1) is 31.2. The highest BCUT2D eigenvalue weighted by atomic mass is 35.5. The smallest absolute Gasteiger partial charge is 0.264 e. The molecule has 0 aromatic heterocycles. The molecule has 40 heavy (non-hydrogen) atoms. The fourth-order valence-electron chi connectivity index (χ4n) is 4.23. The zero-order chi connectivity index (χ0) is 29.8. The van der Waals surface area contributed by atoms with Crippen LogP contribution in [-0.4, -0.2) is 43.3 Å². The predicted molar refractivity (Wildman–Crippen MR) is 161 cm³/mol. The van der Waals surface area contributed by atoms with Crippen molar-refractivity contribution in [3.8, 4) is 0 Å². The number of hydrogen-bond donors (Lipinski definition) is 1. The van der Waals surface area contributed by atoms with Gasteiger partial charge in [0.15, 0.2) is 0 Å². The van der Waals surface area contributed by atoms with Gasteiger partial charge < -0.3 is 10.2 Å². The van der Waals surface area contributed by atoms with Gasteiger partial charge in [-0.3, -0.25) is 13.9 Å². The fourth-order valence-corrected chi connectivity index (χ4v) is 5.91. The van der Waals surface area contributed by atoms with Gasteiger partial charge in [0.2, 0.25) is 11.8 Å². The second-order valence-electron chi connectivity index (χ2n) is 11.2. The molecule has 0 fully saturated rings. The Hall–Kier alpha value is -3.36. The number of sulfonamides is 1. The van der Waals surface area contributed by atoms with Crippen LogP contribution >= 0.6 is 11.6 Å². The van der Waals surface area contributed by atoms with Crippen molar-refractivity contribution in [3.05, 3.63) is 94.0 Å². The Morgan fingerprint density at radius 2 is 1.55 bits per heavy atom. The SMILES string of the molecule is Cc1ccc(S(=O)(=O)N(CC(=O)N(Cc2cccc(Cl)c2)C(C)C(=O)NC(C)(C)C)c2cc(C)ccc2C)cc1. The number of nitrogens with zero attached hydrogens (tertiary/aromatic N) is 2. The van der Waals surface area contributed by atoms with E-state index in [4.69, 9.17) is 11.6 Å². The molecule has 0 aliphatic rings. The summed E-state index contributed by atoms with van der Waals surface area (Å²) in [5.41, 5.74) is 3.08. The molecule has 2 amide bonds. The maximum absolute atomic E-state index is 14.1. The lowest BCUT2D eigenvalue weighted by Crippen LogP contribution is -2.54. The average Bonchev–Trinajstić information content (AvgIpc) is 2.86. The van der Waals surface area contributed by atoms with Crippen LogP contribution in [0.2, 0.25) is 5.02 Å². The van der Waals surface area contributed by atoms with Crippen molar-refractivity contribution in [2.24, 2.45) is 0 Å². The molecule has 7 nitrogen and oxygen atoms in total. The third kappa shape index (κ3) is 7.86.